The lowest BCUT2D eigenvalue weighted by molar-refractivity contribution is 0.392. The zero-order valence-electron chi connectivity index (χ0n) is 7.98. The largest absolute Gasteiger partial charge is 0.480 e. The molecule has 0 saturated carbocycles. The molecule has 0 bridgehead atoms. The summed E-state index contributed by atoms with van der Waals surface area (Å²) in [6, 6.07) is 3.58. The lowest BCUT2D eigenvalue weighted by atomic mass is 10.4. The molecule has 0 N–H and O–H groups in total. The summed E-state index contributed by atoms with van der Waals surface area (Å²) < 4.78 is 4.92. The number of methoxy groups -OCH3 is 1. The van der Waals surface area contributed by atoms with E-state index in [9.17, 15) is 0 Å². The van der Waals surface area contributed by atoms with Crippen LogP contribution < -0.4 is 4.74 Å². The Kier molecular flexibility index (Phi) is 3.13. The third-order valence-electron chi connectivity index (χ3n) is 1.75. The summed E-state index contributed by atoms with van der Waals surface area (Å²) >= 11 is 7.20. The first-order valence-corrected chi connectivity index (χ1v) is 5.57. The number of hydrogen-bond donors (Lipinski definition) is 0. The van der Waals surface area contributed by atoms with E-state index in [1.165, 1.54) is 11.3 Å². The molecule has 2 aromatic rings. The van der Waals surface area contributed by atoms with E-state index >= 15 is 0 Å². The molecule has 0 amide bonds. The van der Waals surface area contributed by atoms with Crippen LogP contribution in [0.2, 0.25) is 0 Å². The predicted molar refractivity (Wildman–Crippen MR) is 59.2 cm³/mol. The van der Waals surface area contributed by atoms with Crippen molar-refractivity contribution in [1.82, 2.24) is 15.2 Å². The van der Waals surface area contributed by atoms with Gasteiger partial charge in [0.15, 0.2) is 0 Å². The van der Waals surface area contributed by atoms with Gasteiger partial charge in [0.25, 0.3) is 0 Å². The molecule has 6 heteroatoms. The topological polar surface area (TPSA) is 47.9 Å². The van der Waals surface area contributed by atoms with Crippen molar-refractivity contribution >= 4 is 22.9 Å². The van der Waals surface area contributed by atoms with Crippen LogP contribution in [-0.4, -0.2) is 22.3 Å². The van der Waals surface area contributed by atoms with Gasteiger partial charge in [0.1, 0.15) is 10.7 Å². The fourth-order valence-electron chi connectivity index (χ4n) is 1.03. The smallest absolute Gasteiger partial charge is 0.233 e. The zero-order chi connectivity index (χ0) is 10.7. The minimum atomic E-state index is 0.473. The van der Waals surface area contributed by atoms with Crippen molar-refractivity contribution < 1.29 is 4.74 Å². The molecular weight excluding hydrogens is 234 g/mol. The highest BCUT2D eigenvalue weighted by Gasteiger charge is 2.06. The van der Waals surface area contributed by atoms with Gasteiger partial charge in [-0.3, -0.25) is 0 Å². The van der Waals surface area contributed by atoms with Gasteiger partial charge in [-0.15, -0.1) is 33.1 Å². The second-order valence-corrected chi connectivity index (χ2v) is 4.11. The molecular formula is C9H8ClN3OS. The number of nitrogens with zero attached hydrogens (tertiary/aromatic N) is 3. The van der Waals surface area contributed by atoms with E-state index in [-0.39, 0.29) is 0 Å². The van der Waals surface area contributed by atoms with Gasteiger partial charge in [-0.05, 0) is 6.07 Å². The molecule has 2 heterocycles. The quantitative estimate of drug-likeness (QED) is 0.774. The molecule has 15 heavy (non-hydrogen) atoms. The second kappa shape index (κ2) is 4.55. The minimum absolute atomic E-state index is 0.473. The van der Waals surface area contributed by atoms with Crippen molar-refractivity contribution in [1.29, 1.82) is 0 Å². The molecule has 0 radical (unpaired) electrons. The number of hydrogen-bond acceptors (Lipinski definition) is 5. The van der Waals surface area contributed by atoms with Crippen LogP contribution in [0.3, 0.4) is 0 Å². The molecule has 0 unspecified atom stereocenters. The molecule has 2 rings (SSSR count). The number of ether oxygens (including phenoxy) is 1. The minimum Gasteiger partial charge on any atom is -0.480 e. The van der Waals surface area contributed by atoms with E-state index in [0.29, 0.717) is 11.8 Å². The molecule has 0 fully saturated rings. The summed E-state index contributed by atoms with van der Waals surface area (Å²) in [5.74, 6) is 0.967. The molecule has 0 aliphatic heterocycles. The lowest BCUT2D eigenvalue weighted by Gasteiger charge is -1.97. The fourth-order valence-corrected chi connectivity index (χ4v) is 1.99. The van der Waals surface area contributed by atoms with Crippen LogP contribution >= 0.6 is 22.9 Å². The predicted octanol–water partition coefficient (Wildman–Crippen LogP) is 2.35. The summed E-state index contributed by atoms with van der Waals surface area (Å²) in [6.45, 7) is 0. The van der Waals surface area contributed by atoms with Gasteiger partial charge in [0.2, 0.25) is 5.88 Å². The summed E-state index contributed by atoms with van der Waals surface area (Å²) in [7, 11) is 1.55. The van der Waals surface area contributed by atoms with Crippen molar-refractivity contribution in [2.75, 3.05) is 7.11 Å². The maximum Gasteiger partial charge on any atom is 0.233 e. The van der Waals surface area contributed by atoms with Crippen LogP contribution in [-0.2, 0) is 5.88 Å². The molecule has 0 atom stereocenters. The Balaban J connectivity index is 2.28. The lowest BCUT2D eigenvalue weighted by Crippen LogP contribution is -1.91. The Morgan fingerprint density at radius 1 is 1.40 bits per heavy atom. The molecule has 0 spiro atoms. The number of rotatable bonds is 3. The van der Waals surface area contributed by atoms with Gasteiger partial charge in [0, 0.05) is 17.1 Å². The summed E-state index contributed by atoms with van der Waals surface area (Å²) in [6.07, 6.45) is 1.75. The van der Waals surface area contributed by atoms with Gasteiger partial charge in [-0.1, -0.05) is 0 Å². The molecule has 0 aliphatic carbocycles. The number of halogens is 1. The Bertz CT molecular complexity index is 443. The van der Waals surface area contributed by atoms with Crippen LogP contribution in [0.4, 0.5) is 0 Å². The normalized spacial score (nSPS) is 10.3. The van der Waals surface area contributed by atoms with Gasteiger partial charge in [0.05, 0.1) is 13.0 Å². The van der Waals surface area contributed by atoms with E-state index in [2.05, 4.69) is 15.2 Å². The Morgan fingerprint density at radius 3 is 2.80 bits per heavy atom. The first-order chi connectivity index (χ1) is 7.33. The van der Waals surface area contributed by atoms with Crippen LogP contribution in [0.25, 0.3) is 10.7 Å². The van der Waals surface area contributed by atoms with Crippen molar-refractivity contribution in [3.05, 3.63) is 23.2 Å². The zero-order valence-corrected chi connectivity index (χ0v) is 9.55. The number of aromatic nitrogens is 3. The van der Waals surface area contributed by atoms with Crippen LogP contribution in [0.1, 0.15) is 4.88 Å². The van der Waals surface area contributed by atoms with Crippen molar-refractivity contribution in [2.24, 2.45) is 0 Å². The summed E-state index contributed by atoms with van der Waals surface area (Å²) in [5.41, 5.74) is 0.733. The molecule has 4 nitrogen and oxygen atoms in total. The third kappa shape index (κ3) is 2.24. The average molecular weight is 242 g/mol. The Labute approximate surface area is 95.9 Å². The van der Waals surface area contributed by atoms with E-state index in [1.54, 1.807) is 19.4 Å². The average Bonchev–Trinajstić information content (AvgIpc) is 2.78. The van der Waals surface area contributed by atoms with E-state index in [0.717, 1.165) is 15.6 Å². The van der Waals surface area contributed by atoms with Crippen molar-refractivity contribution in [2.45, 2.75) is 5.88 Å². The van der Waals surface area contributed by atoms with Crippen molar-refractivity contribution in [3.63, 3.8) is 0 Å². The fraction of sp³-hybridized carbons (Fsp3) is 0.222. The molecule has 78 valence electrons. The second-order valence-electron chi connectivity index (χ2n) is 2.73. The van der Waals surface area contributed by atoms with E-state index in [4.69, 9.17) is 16.3 Å². The van der Waals surface area contributed by atoms with Crippen LogP contribution in [0.15, 0.2) is 18.3 Å². The standard InChI is InChI=1S/C9H8ClN3OS/c1-14-8-3-2-7(12-13-8)9-11-5-6(4-10)15-9/h2-3,5H,4H2,1H3. The van der Waals surface area contributed by atoms with E-state index in [1.807, 2.05) is 6.07 Å². The number of thiazole rings is 1. The molecule has 0 saturated heterocycles. The first kappa shape index (κ1) is 10.3. The SMILES string of the molecule is COc1ccc(-c2ncc(CCl)s2)nn1. The van der Waals surface area contributed by atoms with Crippen LogP contribution in [0.5, 0.6) is 5.88 Å². The highest BCUT2D eigenvalue weighted by atomic mass is 35.5. The Morgan fingerprint density at radius 2 is 2.27 bits per heavy atom. The van der Waals surface area contributed by atoms with Crippen molar-refractivity contribution in [3.8, 4) is 16.6 Å². The summed E-state index contributed by atoms with van der Waals surface area (Å²) in [5, 5.41) is 8.69. The van der Waals surface area contributed by atoms with Gasteiger partial charge in [-0.25, -0.2) is 4.98 Å². The maximum atomic E-state index is 5.69. The Hall–Kier alpha value is -1.20. The summed E-state index contributed by atoms with van der Waals surface area (Å²) in [4.78, 5) is 5.22. The number of alkyl halides is 1. The van der Waals surface area contributed by atoms with Gasteiger partial charge in [-0.2, -0.15) is 0 Å². The third-order valence-corrected chi connectivity index (χ3v) is 3.22. The van der Waals surface area contributed by atoms with Gasteiger partial charge < -0.3 is 4.74 Å². The molecule has 0 aliphatic rings. The molecule has 0 aromatic carbocycles. The van der Waals surface area contributed by atoms with E-state index < -0.39 is 0 Å². The maximum absolute atomic E-state index is 5.69. The highest BCUT2D eigenvalue weighted by Crippen LogP contribution is 2.24. The highest BCUT2D eigenvalue weighted by molar-refractivity contribution is 7.15. The molecule has 2 aromatic heterocycles. The van der Waals surface area contributed by atoms with Gasteiger partial charge >= 0.3 is 0 Å². The monoisotopic (exact) mass is 241 g/mol. The first-order valence-electron chi connectivity index (χ1n) is 4.22. The van der Waals surface area contributed by atoms with Crippen LogP contribution in [0, 0.1) is 0 Å².